The van der Waals surface area contributed by atoms with Crippen LogP contribution >= 0.6 is 0 Å². The standard InChI is InChI=1S/C17H26N2O5S/c1-4-14(5-2)19-16(20)12-24-17(21)10-11-18-25(22,23)15-8-6-13(3)7-9-15/h6-9,14,18H,4-5,10-12H2,1-3H3,(H,19,20). The average Bonchev–Trinajstić information content (AvgIpc) is 2.58. The minimum atomic E-state index is -3.66. The molecule has 0 bridgehead atoms. The molecule has 140 valence electrons. The van der Waals surface area contributed by atoms with E-state index in [1.165, 1.54) is 12.1 Å². The molecular formula is C17H26N2O5S. The van der Waals surface area contributed by atoms with Crippen molar-refractivity contribution >= 4 is 21.9 Å². The Bertz CT molecular complexity index is 667. The predicted molar refractivity (Wildman–Crippen MR) is 94.5 cm³/mol. The van der Waals surface area contributed by atoms with Crippen molar-refractivity contribution in [1.29, 1.82) is 0 Å². The molecule has 0 atom stereocenters. The molecule has 0 saturated carbocycles. The normalized spacial score (nSPS) is 11.4. The van der Waals surface area contributed by atoms with Gasteiger partial charge in [0.25, 0.3) is 5.91 Å². The number of carbonyl (C=O) groups excluding carboxylic acids is 2. The molecule has 1 amide bonds. The lowest BCUT2D eigenvalue weighted by atomic mass is 10.2. The van der Waals surface area contributed by atoms with E-state index in [9.17, 15) is 18.0 Å². The first-order chi connectivity index (χ1) is 11.8. The van der Waals surface area contributed by atoms with Gasteiger partial charge in [0.2, 0.25) is 10.0 Å². The van der Waals surface area contributed by atoms with Crippen LogP contribution in [0, 0.1) is 6.92 Å². The smallest absolute Gasteiger partial charge is 0.307 e. The fourth-order valence-electron chi connectivity index (χ4n) is 2.07. The lowest BCUT2D eigenvalue weighted by molar-refractivity contribution is -0.148. The quantitative estimate of drug-likeness (QED) is 0.608. The van der Waals surface area contributed by atoms with Crippen LogP contribution in [0.4, 0.5) is 0 Å². The van der Waals surface area contributed by atoms with Crippen molar-refractivity contribution in [3.8, 4) is 0 Å². The first-order valence-electron chi connectivity index (χ1n) is 8.29. The molecule has 25 heavy (non-hydrogen) atoms. The van der Waals surface area contributed by atoms with Crippen LogP contribution in [0.5, 0.6) is 0 Å². The highest BCUT2D eigenvalue weighted by atomic mass is 32.2. The first kappa shape index (κ1) is 21.1. The third-order valence-electron chi connectivity index (χ3n) is 3.67. The van der Waals surface area contributed by atoms with E-state index >= 15 is 0 Å². The monoisotopic (exact) mass is 370 g/mol. The summed E-state index contributed by atoms with van der Waals surface area (Å²) in [5.74, 6) is -0.992. The molecule has 1 aromatic carbocycles. The summed E-state index contributed by atoms with van der Waals surface area (Å²) < 4.78 is 31.3. The Hall–Kier alpha value is -1.93. The third kappa shape index (κ3) is 7.66. The first-order valence-corrected chi connectivity index (χ1v) is 9.78. The van der Waals surface area contributed by atoms with Crippen LogP contribution in [0.15, 0.2) is 29.2 Å². The molecule has 1 aromatic rings. The Morgan fingerprint density at radius 3 is 2.28 bits per heavy atom. The minimum absolute atomic E-state index is 0.0625. The van der Waals surface area contributed by atoms with Crippen LogP contribution < -0.4 is 10.0 Å². The van der Waals surface area contributed by atoms with E-state index in [4.69, 9.17) is 4.74 Å². The van der Waals surface area contributed by atoms with E-state index in [-0.39, 0.29) is 36.4 Å². The molecule has 0 fully saturated rings. The predicted octanol–water partition coefficient (Wildman–Crippen LogP) is 1.51. The van der Waals surface area contributed by atoms with Gasteiger partial charge in [0.15, 0.2) is 6.61 Å². The number of amides is 1. The van der Waals surface area contributed by atoms with E-state index in [1.54, 1.807) is 12.1 Å². The van der Waals surface area contributed by atoms with Gasteiger partial charge in [0.1, 0.15) is 0 Å². The molecule has 0 unspecified atom stereocenters. The van der Waals surface area contributed by atoms with Gasteiger partial charge in [-0.3, -0.25) is 9.59 Å². The summed E-state index contributed by atoms with van der Waals surface area (Å²) in [5, 5.41) is 2.75. The van der Waals surface area contributed by atoms with Gasteiger partial charge in [-0.05, 0) is 31.9 Å². The lowest BCUT2D eigenvalue weighted by Crippen LogP contribution is -2.37. The Morgan fingerprint density at radius 2 is 1.72 bits per heavy atom. The number of carbonyl (C=O) groups is 2. The summed E-state index contributed by atoms with van der Waals surface area (Å²) in [5.41, 5.74) is 0.953. The van der Waals surface area contributed by atoms with Crippen LogP contribution in [-0.2, 0) is 24.3 Å². The van der Waals surface area contributed by atoms with E-state index in [2.05, 4.69) is 10.0 Å². The molecule has 0 aliphatic heterocycles. The van der Waals surface area contributed by atoms with E-state index in [0.717, 1.165) is 18.4 Å². The lowest BCUT2D eigenvalue weighted by Gasteiger charge is -2.14. The zero-order valence-corrected chi connectivity index (χ0v) is 15.7. The van der Waals surface area contributed by atoms with Crippen molar-refractivity contribution in [2.24, 2.45) is 0 Å². The van der Waals surface area contributed by atoms with Crippen molar-refractivity contribution in [3.05, 3.63) is 29.8 Å². The number of benzene rings is 1. The summed E-state index contributed by atoms with van der Waals surface area (Å²) >= 11 is 0. The van der Waals surface area contributed by atoms with Gasteiger partial charge in [-0.25, -0.2) is 13.1 Å². The van der Waals surface area contributed by atoms with Gasteiger partial charge in [0, 0.05) is 12.6 Å². The van der Waals surface area contributed by atoms with Gasteiger partial charge in [-0.15, -0.1) is 0 Å². The second-order valence-electron chi connectivity index (χ2n) is 5.70. The van der Waals surface area contributed by atoms with Crippen LogP contribution in [0.25, 0.3) is 0 Å². The molecule has 2 N–H and O–H groups in total. The third-order valence-corrected chi connectivity index (χ3v) is 5.14. The molecule has 0 aromatic heterocycles. The Labute approximate surface area is 149 Å². The molecule has 7 nitrogen and oxygen atoms in total. The van der Waals surface area contributed by atoms with Crippen molar-refractivity contribution in [1.82, 2.24) is 10.0 Å². The Morgan fingerprint density at radius 1 is 1.12 bits per heavy atom. The zero-order valence-electron chi connectivity index (χ0n) is 14.9. The molecule has 0 aliphatic carbocycles. The number of ether oxygens (including phenoxy) is 1. The van der Waals surface area contributed by atoms with Crippen LogP contribution in [0.1, 0.15) is 38.7 Å². The summed E-state index contributed by atoms with van der Waals surface area (Å²) in [4.78, 5) is 23.4. The second-order valence-corrected chi connectivity index (χ2v) is 7.47. The number of sulfonamides is 1. The summed E-state index contributed by atoms with van der Waals surface area (Å²) in [6, 6.07) is 6.45. The topological polar surface area (TPSA) is 102 Å². The molecule has 0 spiro atoms. The number of hydrogen-bond acceptors (Lipinski definition) is 5. The maximum Gasteiger partial charge on any atom is 0.307 e. The number of nitrogens with one attached hydrogen (secondary N) is 2. The van der Waals surface area contributed by atoms with Crippen LogP contribution in [-0.4, -0.2) is 39.5 Å². The zero-order chi connectivity index (χ0) is 18.9. The maximum atomic E-state index is 12.1. The largest absolute Gasteiger partial charge is 0.456 e. The molecule has 0 saturated heterocycles. The van der Waals surface area contributed by atoms with Gasteiger partial charge < -0.3 is 10.1 Å². The van der Waals surface area contributed by atoms with Crippen molar-refractivity contribution in [2.75, 3.05) is 13.2 Å². The van der Waals surface area contributed by atoms with Crippen molar-refractivity contribution in [2.45, 2.75) is 51.0 Å². The fraction of sp³-hybridized carbons (Fsp3) is 0.529. The minimum Gasteiger partial charge on any atom is -0.456 e. The summed E-state index contributed by atoms with van der Waals surface area (Å²) in [6.45, 7) is 5.32. The number of aryl methyl sites for hydroxylation is 1. The van der Waals surface area contributed by atoms with E-state index in [1.807, 2.05) is 20.8 Å². The highest BCUT2D eigenvalue weighted by Crippen LogP contribution is 2.09. The summed E-state index contributed by atoms with van der Waals surface area (Å²) in [6.07, 6.45) is 1.46. The average molecular weight is 370 g/mol. The van der Waals surface area contributed by atoms with Gasteiger partial charge in [0.05, 0.1) is 11.3 Å². The molecular weight excluding hydrogens is 344 g/mol. The van der Waals surface area contributed by atoms with Gasteiger partial charge in [-0.2, -0.15) is 0 Å². The molecule has 0 heterocycles. The van der Waals surface area contributed by atoms with E-state index < -0.39 is 16.0 Å². The van der Waals surface area contributed by atoms with Crippen molar-refractivity contribution in [3.63, 3.8) is 0 Å². The molecule has 1 rings (SSSR count). The van der Waals surface area contributed by atoms with E-state index in [0.29, 0.717) is 0 Å². The molecule has 0 radical (unpaired) electrons. The molecule has 0 aliphatic rings. The highest BCUT2D eigenvalue weighted by Gasteiger charge is 2.15. The van der Waals surface area contributed by atoms with Crippen molar-refractivity contribution < 1.29 is 22.7 Å². The number of rotatable bonds is 10. The van der Waals surface area contributed by atoms with Gasteiger partial charge in [-0.1, -0.05) is 31.5 Å². The summed E-state index contributed by atoms with van der Waals surface area (Å²) in [7, 11) is -3.66. The second kappa shape index (κ2) is 10.1. The van der Waals surface area contributed by atoms with Crippen LogP contribution in [0.2, 0.25) is 0 Å². The number of esters is 1. The Kier molecular flexibility index (Phi) is 8.57. The fourth-order valence-corrected chi connectivity index (χ4v) is 3.10. The maximum absolute atomic E-state index is 12.1. The molecule has 8 heteroatoms. The SMILES string of the molecule is CCC(CC)NC(=O)COC(=O)CCNS(=O)(=O)c1ccc(C)cc1. The van der Waals surface area contributed by atoms with Gasteiger partial charge >= 0.3 is 5.97 Å². The highest BCUT2D eigenvalue weighted by molar-refractivity contribution is 7.89. The Balaban J connectivity index is 2.34. The van der Waals surface area contributed by atoms with Crippen LogP contribution in [0.3, 0.4) is 0 Å². The number of hydrogen-bond donors (Lipinski definition) is 2.